The van der Waals surface area contributed by atoms with Crippen LogP contribution in [0.25, 0.3) is 0 Å². The second kappa shape index (κ2) is 9.24. The van der Waals surface area contributed by atoms with Crippen molar-refractivity contribution in [3.63, 3.8) is 0 Å². The lowest BCUT2D eigenvalue weighted by molar-refractivity contribution is 0.229. The van der Waals surface area contributed by atoms with E-state index in [0.29, 0.717) is 12.3 Å². The molecule has 4 N–H and O–H groups in total. The summed E-state index contributed by atoms with van der Waals surface area (Å²) in [5.41, 5.74) is 5.38. The van der Waals surface area contributed by atoms with Gasteiger partial charge in [0, 0.05) is 19.5 Å². The maximum Gasteiger partial charge on any atom is 0.139 e. The first-order valence-corrected chi connectivity index (χ1v) is 6.72. The highest BCUT2D eigenvalue weighted by atomic mass is 16.4. The fourth-order valence-electron chi connectivity index (χ4n) is 2.15. The van der Waals surface area contributed by atoms with E-state index in [1.54, 1.807) is 0 Å². The zero-order chi connectivity index (χ0) is 12.3. The van der Waals surface area contributed by atoms with Crippen molar-refractivity contribution < 1.29 is 5.21 Å². The minimum absolute atomic E-state index is 0.332. The molecule has 0 aliphatic carbocycles. The second-order valence-electron chi connectivity index (χ2n) is 4.70. The van der Waals surface area contributed by atoms with Crippen LogP contribution in [0.15, 0.2) is 5.16 Å². The van der Waals surface area contributed by atoms with Crippen LogP contribution in [0.2, 0.25) is 0 Å². The first-order chi connectivity index (χ1) is 8.33. The van der Waals surface area contributed by atoms with Gasteiger partial charge in [-0.15, -0.1) is 0 Å². The van der Waals surface area contributed by atoms with Gasteiger partial charge in [-0.3, -0.25) is 0 Å². The lowest BCUT2D eigenvalue weighted by atomic mass is 10.1. The quantitative estimate of drug-likeness (QED) is 0.195. The van der Waals surface area contributed by atoms with Crippen LogP contribution in [0.5, 0.6) is 0 Å². The van der Waals surface area contributed by atoms with Gasteiger partial charge in [0.2, 0.25) is 0 Å². The van der Waals surface area contributed by atoms with Crippen molar-refractivity contribution >= 4 is 5.84 Å². The molecule has 1 aliphatic heterocycles. The molecule has 0 spiro atoms. The predicted octanol–water partition coefficient (Wildman–Crippen LogP) is 0.979. The number of amidine groups is 1. The number of hydrogen-bond acceptors (Lipinski definition) is 4. The van der Waals surface area contributed by atoms with Crippen LogP contribution >= 0.6 is 0 Å². The number of likely N-dealkylation sites (tertiary alicyclic amines) is 1. The predicted molar refractivity (Wildman–Crippen MR) is 70.4 cm³/mol. The van der Waals surface area contributed by atoms with E-state index in [4.69, 9.17) is 10.9 Å². The Morgan fingerprint density at radius 2 is 1.94 bits per heavy atom. The third-order valence-electron chi connectivity index (χ3n) is 3.22. The maximum absolute atomic E-state index is 8.36. The van der Waals surface area contributed by atoms with Gasteiger partial charge in [-0.1, -0.05) is 11.6 Å². The van der Waals surface area contributed by atoms with Crippen LogP contribution in [0.3, 0.4) is 0 Å². The van der Waals surface area contributed by atoms with E-state index < -0.39 is 0 Å². The fraction of sp³-hybridized carbons (Fsp3) is 0.917. The lowest BCUT2D eigenvalue weighted by Gasteiger charge is -2.26. The molecule has 1 rings (SSSR count). The average Bonchev–Trinajstić information content (AvgIpc) is 2.38. The third-order valence-corrected chi connectivity index (χ3v) is 3.22. The number of nitrogens with two attached hydrogens (primary N) is 1. The molecule has 17 heavy (non-hydrogen) atoms. The molecule has 1 aliphatic rings. The molecule has 0 aromatic rings. The number of rotatable bonds is 8. The summed E-state index contributed by atoms with van der Waals surface area (Å²) < 4.78 is 0. The van der Waals surface area contributed by atoms with Crippen LogP contribution in [0.1, 0.15) is 38.5 Å². The SMILES string of the molecule is NC(CCCCNCCN1CCCCC1)=NO. The minimum Gasteiger partial charge on any atom is -0.409 e. The van der Waals surface area contributed by atoms with Crippen molar-refractivity contribution in [2.75, 3.05) is 32.7 Å². The van der Waals surface area contributed by atoms with Gasteiger partial charge >= 0.3 is 0 Å². The van der Waals surface area contributed by atoms with E-state index in [1.807, 2.05) is 0 Å². The van der Waals surface area contributed by atoms with Crippen LogP contribution in [-0.4, -0.2) is 48.7 Å². The first kappa shape index (κ1) is 14.3. The normalized spacial score (nSPS) is 18.5. The molecule has 0 bridgehead atoms. The molecule has 0 amide bonds. The van der Waals surface area contributed by atoms with Gasteiger partial charge in [0.25, 0.3) is 0 Å². The zero-order valence-electron chi connectivity index (χ0n) is 10.7. The topological polar surface area (TPSA) is 73.9 Å². The summed E-state index contributed by atoms with van der Waals surface area (Å²) in [4.78, 5) is 2.53. The van der Waals surface area contributed by atoms with Crippen LogP contribution in [-0.2, 0) is 0 Å². The van der Waals surface area contributed by atoms with Gasteiger partial charge in [0.05, 0.1) is 0 Å². The van der Waals surface area contributed by atoms with Crippen molar-refractivity contribution in [2.24, 2.45) is 10.9 Å². The van der Waals surface area contributed by atoms with E-state index in [-0.39, 0.29) is 0 Å². The number of unbranched alkanes of at least 4 members (excludes halogenated alkanes) is 1. The molecule has 0 aromatic heterocycles. The monoisotopic (exact) mass is 242 g/mol. The summed E-state index contributed by atoms with van der Waals surface area (Å²) in [5.74, 6) is 0.332. The Kier molecular flexibility index (Phi) is 7.75. The molecular formula is C12H26N4O. The highest BCUT2D eigenvalue weighted by molar-refractivity contribution is 5.79. The Labute approximate surface area is 104 Å². The smallest absolute Gasteiger partial charge is 0.139 e. The number of nitrogens with one attached hydrogen (secondary N) is 1. The Bertz CT molecular complexity index is 215. The van der Waals surface area contributed by atoms with Gasteiger partial charge in [-0.25, -0.2) is 0 Å². The standard InChI is InChI=1S/C12H26N4O/c13-12(15-17)6-2-3-7-14-8-11-16-9-4-1-5-10-16/h14,17H,1-11H2,(H2,13,15). The highest BCUT2D eigenvalue weighted by Crippen LogP contribution is 2.07. The van der Waals surface area contributed by atoms with Gasteiger partial charge in [0.15, 0.2) is 0 Å². The van der Waals surface area contributed by atoms with Crippen LogP contribution in [0.4, 0.5) is 0 Å². The van der Waals surface area contributed by atoms with E-state index in [0.717, 1.165) is 25.9 Å². The molecular weight excluding hydrogens is 216 g/mol. The van der Waals surface area contributed by atoms with E-state index in [1.165, 1.54) is 38.9 Å². The van der Waals surface area contributed by atoms with E-state index in [2.05, 4.69) is 15.4 Å². The molecule has 1 fully saturated rings. The largest absolute Gasteiger partial charge is 0.409 e. The summed E-state index contributed by atoms with van der Waals surface area (Å²) in [6, 6.07) is 0. The fourth-order valence-corrected chi connectivity index (χ4v) is 2.15. The minimum atomic E-state index is 0.332. The molecule has 1 heterocycles. The molecule has 5 nitrogen and oxygen atoms in total. The molecule has 5 heteroatoms. The molecule has 1 saturated heterocycles. The molecule has 0 atom stereocenters. The molecule has 100 valence electrons. The van der Waals surface area contributed by atoms with Gasteiger partial charge in [0.1, 0.15) is 5.84 Å². The Hall–Kier alpha value is -0.810. The van der Waals surface area contributed by atoms with Crippen molar-refractivity contribution in [1.29, 1.82) is 0 Å². The van der Waals surface area contributed by atoms with Gasteiger partial charge in [-0.2, -0.15) is 0 Å². The Balaban J connectivity index is 1.84. The maximum atomic E-state index is 8.36. The van der Waals surface area contributed by atoms with Crippen molar-refractivity contribution in [3.8, 4) is 0 Å². The van der Waals surface area contributed by atoms with E-state index in [9.17, 15) is 0 Å². The third kappa shape index (κ3) is 7.18. The van der Waals surface area contributed by atoms with Gasteiger partial charge < -0.3 is 21.2 Å². The Morgan fingerprint density at radius 3 is 2.65 bits per heavy atom. The number of oxime groups is 1. The average molecular weight is 242 g/mol. The molecule has 0 aromatic carbocycles. The molecule has 0 saturated carbocycles. The van der Waals surface area contributed by atoms with Crippen LogP contribution in [0, 0.1) is 0 Å². The van der Waals surface area contributed by atoms with Gasteiger partial charge in [-0.05, 0) is 45.3 Å². The number of nitrogens with zero attached hydrogens (tertiary/aromatic N) is 2. The first-order valence-electron chi connectivity index (χ1n) is 6.72. The highest BCUT2D eigenvalue weighted by Gasteiger charge is 2.08. The van der Waals surface area contributed by atoms with E-state index >= 15 is 0 Å². The summed E-state index contributed by atoms with van der Waals surface area (Å²) >= 11 is 0. The van der Waals surface area contributed by atoms with Crippen LogP contribution < -0.4 is 11.1 Å². The Morgan fingerprint density at radius 1 is 1.18 bits per heavy atom. The summed E-state index contributed by atoms with van der Waals surface area (Å²) in [5, 5.41) is 14.8. The van der Waals surface area contributed by atoms with Crippen molar-refractivity contribution in [3.05, 3.63) is 0 Å². The summed E-state index contributed by atoms with van der Waals surface area (Å²) in [6.07, 6.45) is 6.87. The molecule has 0 radical (unpaired) electrons. The summed E-state index contributed by atoms with van der Waals surface area (Å²) in [7, 11) is 0. The number of piperidine rings is 1. The van der Waals surface area contributed by atoms with Crippen molar-refractivity contribution in [1.82, 2.24) is 10.2 Å². The lowest BCUT2D eigenvalue weighted by Crippen LogP contribution is -2.36. The zero-order valence-corrected chi connectivity index (χ0v) is 10.7. The second-order valence-corrected chi connectivity index (χ2v) is 4.70. The number of hydrogen-bond donors (Lipinski definition) is 3. The van der Waals surface area contributed by atoms with Crippen molar-refractivity contribution in [2.45, 2.75) is 38.5 Å². The molecule has 0 unspecified atom stereocenters. The summed E-state index contributed by atoms with van der Waals surface area (Å²) in [6.45, 7) is 5.80.